The molecular weight excluding hydrogens is 186 g/mol. The van der Waals surface area contributed by atoms with Gasteiger partial charge in [0.05, 0.1) is 0 Å². The van der Waals surface area contributed by atoms with E-state index in [0.29, 0.717) is 0 Å². The summed E-state index contributed by atoms with van der Waals surface area (Å²) < 4.78 is 0. The maximum atomic E-state index is 10.2. The second-order valence-corrected chi connectivity index (χ2v) is 4.50. The van der Waals surface area contributed by atoms with Crippen molar-refractivity contribution in [2.45, 2.75) is 26.0 Å². The number of likely N-dealkylation sites (tertiary alicyclic amines) is 1. The molecule has 1 aromatic rings. The lowest BCUT2D eigenvalue weighted by molar-refractivity contribution is -0.0174. The van der Waals surface area contributed by atoms with Crippen LogP contribution in [0.2, 0.25) is 0 Å². The molecule has 0 bridgehead atoms. The highest BCUT2D eigenvalue weighted by Gasteiger charge is 2.22. The maximum absolute atomic E-state index is 10.2. The minimum atomic E-state index is -0.418. The fraction of sp³-hybridized carbons (Fsp3) is 0.538. The molecule has 0 aliphatic carbocycles. The molecule has 1 unspecified atom stereocenters. The van der Waals surface area contributed by atoms with Gasteiger partial charge in [-0.05, 0) is 24.3 Å². The lowest BCUT2D eigenvalue weighted by atomic mass is 9.98. The van der Waals surface area contributed by atoms with E-state index in [-0.39, 0.29) is 0 Å². The van der Waals surface area contributed by atoms with E-state index in [2.05, 4.69) is 11.8 Å². The summed E-state index contributed by atoms with van der Waals surface area (Å²) >= 11 is 0. The van der Waals surface area contributed by atoms with Crippen LogP contribution in [0, 0.1) is 5.92 Å². The van der Waals surface area contributed by atoms with Crippen LogP contribution in [0.3, 0.4) is 0 Å². The Morgan fingerprint density at radius 1 is 1.20 bits per heavy atom. The number of hydrogen-bond donors (Lipinski definition) is 1. The van der Waals surface area contributed by atoms with Gasteiger partial charge < -0.3 is 5.11 Å². The largest absolute Gasteiger partial charge is 0.374 e. The summed E-state index contributed by atoms with van der Waals surface area (Å²) in [5.74, 6) is 0.809. The molecule has 1 atom stereocenters. The lowest BCUT2D eigenvalue weighted by Crippen LogP contribution is -2.36. The topological polar surface area (TPSA) is 23.5 Å². The van der Waals surface area contributed by atoms with Crippen LogP contribution in [0.15, 0.2) is 30.3 Å². The van der Waals surface area contributed by atoms with Crippen molar-refractivity contribution in [3.63, 3.8) is 0 Å². The fourth-order valence-electron chi connectivity index (χ4n) is 2.11. The minimum absolute atomic E-state index is 0.418. The maximum Gasteiger partial charge on any atom is 0.133 e. The molecule has 1 heterocycles. The van der Waals surface area contributed by atoms with E-state index in [4.69, 9.17) is 0 Å². The molecule has 1 aliphatic heterocycles. The summed E-state index contributed by atoms with van der Waals surface area (Å²) in [5.41, 5.74) is 1.01. The standard InChI is InChI=1S/C13H19NO/c1-11-7-9-14(10-8-11)13(15)12-5-3-2-4-6-12/h2-6,11,13,15H,7-10H2,1H3. The van der Waals surface area contributed by atoms with E-state index in [1.165, 1.54) is 12.8 Å². The third-order valence-corrected chi connectivity index (χ3v) is 3.26. The van der Waals surface area contributed by atoms with Gasteiger partial charge in [-0.1, -0.05) is 37.3 Å². The van der Waals surface area contributed by atoms with Crippen molar-refractivity contribution in [1.29, 1.82) is 0 Å². The van der Waals surface area contributed by atoms with Crippen LogP contribution in [0.25, 0.3) is 0 Å². The van der Waals surface area contributed by atoms with Crippen LogP contribution < -0.4 is 0 Å². The van der Waals surface area contributed by atoms with Crippen LogP contribution in [0.5, 0.6) is 0 Å². The number of aliphatic hydroxyl groups excluding tert-OH is 1. The van der Waals surface area contributed by atoms with Crippen LogP contribution in [-0.4, -0.2) is 23.1 Å². The van der Waals surface area contributed by atoms with Crippen molar-refractivity contribution in [3.8, 4) is 0 Å². The summed E-state index contributed by atoms with van der Waals surface area (Å²) in [5, 5.41) is 10.2. The first-order valence-corrected chi connectivity index (χ1v) is 5.74. The number of piperidine rings is 1. The molecule has 0 spiro atoms. The van der Waals surface area contributed by atoms with Gasteiger partial charge in [-0.2, -0.15) is 0 Å². The van der Waals surface area contributed by atoms with Gasteiger partial charge in [-0.3, -0.25) is 4.90 Å². The molecule has 1 saturated heterocycles. The number of hydrogen-bond acceptors (Lipinski definition) is 2. The average Bonchev–Trinajstić information content (AvgIpc) is 2.30. The number of aliphatic hydroxyl groups is 1. The summed E-state index contributed by atoms with van der Waals surface area (Å²) in [7, 11) is 0. The quantitative estimate of drug-likeness (QED) is 0.801. The first-order chi connectivity index (χ1) is 7.27. The first kappa shape index (κ1) is 10.7. The van der Waals surface area contributed by atoms with E-state index in [1.807, 2.05) is 30.3 Å². The highest BCUT2D eigenvalue weighted by molar-refractivity contribution is 5.16. The van der Waals surface area contributed by atoms with E-state index < -0.39 is 6.23 Å². The second kappa shape index (κ2) is 4.77. The van der Waals surface area contributed by atoms with Crippen molar-refractivity contribution in [3.05, 3.63) is 35.9 Å². The van der Waals surface area contributed by atoms with Crippen LogP contribution in [0.4, 0.5) is 0 Å². The predicted octanol–water partition coefficient (Wildman–Crippen LogP) is 2.41. The van der Waals surface area contributed by atoms with Gasteiger partial charge in [0.1, 0.15) is 6.23 Å². The molecule has 1 N–H and O–H groups in total. The summed E-state index contributed by atoms with van der Waals surface area (Å²) in [6.45, 7) is 4.31. The van der Waals surface area contributed by atoms with Crippen LogP contribution in [0.1, 0.15) is 31.6 Å². The van der Waals surface area contributed by atoms with Crippen molar-refractivity contribution >= 4 is 0 Å². The Hall–Kier alpha value is -0.860. The van der Waals surface area contributed by atoms with E-state index in [0.717, 1.165) is 24.6 Å². The monoisotopic (exact) mass is 205 g/mol. The zero-order chi connectivity index (χ0) is 10.7. The molecule has 15 heavy (non-hydrogen) atoms. The molecule has 0 saturated carbocycles. The number of nitrogens with zero attached hydrogens (tertiary/aromatic N) is 1. The molecule has 1 fully saturated rings. The van der Waals surface area contributed by atoms with Gasteiger partial charge in [0.15, 0.2) is 0 Å². The fourth-order valence-corrected chi connectivity index (χ4v) is 2.11. The van der Waals surface area contributed by atoms with Crippen molar-refractivity contribution in [1.82, 2.24) is 4.90 Å². The van der Waals surface area contributed by atoms with Crippen molar-refractivity contribution < 1.29 is 5.11 Å². The predicted molar refractivity (Wildman–Crippen MR) is 61.4 cm³/mol. The molecule has 2 nitrogen and oxygen atoms in total. The van der Waals surface area contributed by atoms with E-state index >= 15 is 0 Å². The highest BCUT2D eigenvalue weighted by atomic mass is 16.3. The zero-order valence-electron chi connectivity index (χ0n) is 9.26. The summed E-state index contributed by atoms with van der Waals surface area (Å²) in [6, 6.07) is 9.91. The van der Waals surface area contributed by atoms with Crippen molar-refractivity contribution in [2.75, 3.05) is 13.1 Å². The van der Waals surface area contributed by atoms with Gasteiger partial charge in [0.25, 0.3) is 0 Å². The molecule has 1 aromatic carbocycles. The Kier molecular flexibility index (Phi) is 3.39. The Morgan fingerprint density at radius 2 is 1.80 bits per heavy atom. The first-order valence-electron chi connectivity index (χ1n) is 5.74. The Balaban J connectivity index is 1.99. The molecule has 0 aromatic heterocycles. The van der Waals surface area contributed by atoms with Crippen LogP contribution in [-0.2, 0) is 0 Å². The van der Waals surface area contributed by atoms with Crippen molar-refractivity contribution in [2.24, 2.45) is 5.92 Å². The van der Waals surface area contributed by atoms with Crippen LogP contribution >= 0.6 is 0 Å². The van der Waals surface area contributed by atoms with E-state index in [1.54, 1.807) is 0 Å². The summed E-state index contributed by atoms with van der Waals surface area (Å²) in [4.78, 5) is 2.16. The summed E-state index contributed by atoms with van der Waals surface area (Å²) in [6.07, 6.45) is 1.98. The van der Waals surface area contributed by atoms with Gasteiger partial charge in [0.2, 0.25) is 0 Å². The number of rotatable bonds is 2. The Bertz CT molecular complexity index is 291. The minimum Gasteiger partial charge on any atom is -0.374 e. The molecule has 2 heteroatoms. The Labute approximate surface area is 91.5 Å². The molecule has 0 amide bonds. The normalized spacial score (nSPS) is 21.5. The van der Waals surface area contributed by atoms with Gasteiger partial charge in [-0.25, -0.2) is 0 Å². The smallest absolute Gasteiger partial charge is 0.133 e. The zero-order valence-corrected chi connectivity index (χ0v) is 9.26. The SMILES string of the molecule is CC1CCN(C(O)c2ccccc2)CC1. The van der Waals surface area contributed by atoms with Gasteiger partial charge in [0, 0.05) is 13.1 Å². The molecule has 0 radical (unpaired) electrons. The average molecular weight is 205 g/mol. The van der Waals surface area contributed by atoms with Gasteiger partial charge in [-0.15, -0.1) is 0 Å². The molecule has 1 aliphatic rings. The van der Waals surface area contributed by atoms with E-state index in [9.17, 15) is 5.11 Å². The highest BCUT2D eigenvalue weighted by Crippen LogP contribution is 2.24. The molecule has 82 valence electrons. The molecular formula is C13H19NO. The Morgan fingerprint density at radius 3 is 2.40 bits per heavy atom. The van der Waals surface area contributed by atoms with Gasteiger partial charge >= 0.3 is 0 Å². The number of benzene rings is 1. The third kappa shape index (κ3) is 2.58. The second-order valence-electron chi connectivity index (χ2n) is 4.50. The lowest BCUT2D eigenvalue weighted by Gasteiger charge is -2.33. The third-order valence-electron chi connectivity index (χ3n) is 3.26. The molecule has 2 rings (SSSR count).